The summed E-state index contributed by atoms with van der Waals surface area (Å²) in [5.41, 5.74) is 1.05. The first-order valence-electron chi connectivity index (χ1n) is 8.90. The first kappa shape index (κ1) is 23.3. The van der Waals surface area contributed by atoms with Gasteiger partial charge in [-0.15, -0.1) is 0 Å². The van der Waals surface area contributed by atoms with Gasteiger partial charge < -0.3 is 14.6 Å². The molecule has 2 aromatic rings. The molecule has 1 saturated heterocycles. The van der Waals surface area contributed by atoms with Gasteiger partial charge in [0.1, 0.15) is 13.2 Å². The Kier molecular flexibility index (Phi) is 7.15. The number of hydrogen-bond acceptors (Lipinski definition) is 8. The second-order valence-corrected chi connectivity index (χ2v) is 8.25. The fourth-order valence-electron chi connectivity index (χ4n) is 2.77. The Hall–Kier alpha value is -3.38. The lowest BCUT2D eigenvalue weighted by atomic mass is 10.1. The summed E-state index contributed by atoms with van der Waals surface area (Å²) in [6.45, 7) is -0.658. The number of carboxylic acids is 1. The molecule has 0 saturated carbocycles. The van der Waals surface area contributed by atoms with Gasteiger partial charge in [-0.1, -0.05) is 28.1 Å². The molecule has 32 heavy (non-hydrogen) atoms. The largest absolute Gasteiger partial charge is 0.493 e. The fraction of sp³-hybridized carbons (Fsp3) is 0.150. The second-order valence-electron chi connectivity index (χ2n) is 6.40. The highest BCUT2D eigenvalue weighted by Crippen LogP contribution is 2.38. The summed E-state index contributed by atoms with van der Waals surface area (Å²) in [6.07, 6.45) is 1.45. The average Bonchev–Trinajstić information content (AvgIpc) is 3.00. The number of ether oxygens (including phenoxy) is 2. The number of carbonyl (C=O) groups is 3. The summed E-state index contributed by atoms with van der Waals surface area (Å²) in [5.74, 6) is -1.31. The Bertz CT molecular complexity index is 1150. The predicted molar refractivity (Wildman–Crippen MR) is 118 cm³/mol. The Morgan fingerprint density at radius 2 is 2.03 bits per heavy atom. The number of thioether (sulfide) groups is 1. The molecule has 2 aromatic carbocycles. The predicted octanol–water partition coefficient (Wildman–Crippen LogP) is 4.07. The third-order valence-corrected chi connectivity index (χ3v) is 5.85. The van der Waals surface area contributed by atoms with Crippen molar-refractivity contribution in [2.24, 2.45) is 0 Å². The molecule has 0 unspecified atom stereocenters. The molecular weight excluding hydrogens is 508 g/mol. The van der Waals surface area contributed by atoms with Crippen LogP contribution >= 0.6 is 27.7 Å². The van der Waals surface area contributed by atoms with E-state index in [0.717, 1.165) is 0 Å². The molecule has 2 amide bonds. The highest BCUT2D eigenvalue weighted by atomic mass is 79.9. The van der Waals surface area contributed by atoms with E-state index in [2.05, 4.69) is 15.9 Å². The van der Waals surface area contributed by atoms with Gasteiger partial charge in [-0.3, -0.25) is 29.4 Å². The monoisotopic (exact) mass is 522 g/mol. The zero-order valence-electron chi connectivity index (χ0n) is 16.4. The van der Waals surface area contributed by atoms with Gasteiger partial charge in [0.05, 0.1) is 16.9 Å². The Morgan fingerprint density at radius 1 is 1.28 bits per heavy atom. The fourth-order valence-corrected chi connectivity index (χ4v) is 4.03. The molecule has 1 N–H and O–H groups in total. The minimum absolute atomic E-state index is 0.0496. The van der Waals surface area contributed by atoms with Crippen LogP contribution in [0.4, 0.5) is 10.5 Å². The Morgan fingerprint density at radius 3 is 2.69 bits per heavy atom. The quantitative estimate of drug-likeness (QED) is 0.309. The minimum Gasteiger partial charge on any atom is -0.493 e. The number of halogens is 1. The Balaban J connectivity index is 1.82. The number of amides is 2. The third kappa shape index (κ3) is 5.26. The van der Waals surface area contributed by atoms with Crippen LogP contribution in [0.1, 0.15) is 11.1 Å². The lowest BCUT2D eigenvalue weighted by molar-refractivity contribution is -0.384. The normalized spacial score (nSPS) is 14.7. The van der Waals surface area contributed by atoms with Crippen LogP contribution in [0.2, 0.25) is 0 Å². The number of methoxy groups -OCH3 is 1. The molecule has 3 rings (SSSR count). The van der Waals surface area contributed by atoms with E-state index in [1.165, 1.54) is 25.3 Å². The van der Waals surface area contributed by atoms with Gasteiger partial charge in [0, 0.05) is 16.6 Å². The molecule has 0 radical (unpaired) electrons. The first-order chi connectivity index (χ1) is 15.2. The lowest BCUT2D eigenvalue weighted by Crippen LogP contribution is -2.33. The maximum Gasteiger partial charge on any atom is 0.323 e. The minimum atomic E-state index is -1.29. The van der Waals surface area contributed by atoms with Gasteiger partial charge in [-0.05, 0) is 41.1 Å². The van der Waals surface area contributed by atoms with E-state index in [9.17, 15) is 24.5 Å². The molecule has 1 aliphatic heterocycles. The summed E-state index contributed by atoms with van der Waals surface area (Å²) in [5, 5.41) is 19.1. The van der Waals surface area contributed by atoms with E-state index >= 15 is 0 Å². The summed E-state index contributed by atoms with van der Waals surface area (Å²) in [4.78, 5) is 46.3. The highest BCUT2D eigenvalue weighted by molar-refractivity contribution is 9.10. The van der Waals surface area contributed by atoms with E-state index in [0.29, 0.717) is 43.8 Å². The molecule has 12 heteroatoms. The molecule has 0 aliphatic carbocycles. The molecule has 0 spiro atoms. The van der Waals surface area contributed by atoms with Crippen molar-refractivity contribution in [1.29, 1.82) is 0 Å². The van der Waals surface area contributed by atoms with Crippen molar-refractivity contribution >= 4 is 56.6 Å². The number of nitro groups is 1. The molecule has 166 valence electrons. The second kappa shape index (κ2) is 9.83. The SMILES string of the molecule is COc1cc(/C=C2/SC(=O)N(CC(=O)O)C2=O)c(Br)cc1OCc1cccc([N+](=O)[O-])c1. The van der Waals surface area contributed by atoms with Crippen molar-refractivity contribution in [2.45, 2.75) is 6.61 Å². The number of benzene rings is 2. The van der Waals surface area contributed by atoms with Crippen molar-refractivity contribution in [2.75, 3.05) is 13.7 Å². The van der Waals surface area contributed by atoms with Crippen LogP contribution in [0.15, 0.2) is 45.8 Å². The topological polar surface area (TPSA) is 136 Å². The van der Waals surface area contributed by atoms with Crippen molar-refractivity contribution in [3.63, 3.8) is 0 Å². The molecule has 0 aromatic heterocycles. The summed E-state index contributed by atoms with van der Waals surface area (Å²) in [7, 11) is 1.42. The molecule has 0 bridgehead atoms. The number of imide groups is 1. The number of rotatable bonds is 8. The van der Waals surface area contributed by atoms with Crippen LogP contribution in [0.3, 0.4) is 0 Å². The maximum atomic E-state index is 12.4. The number of carbonyl (C=O) groups excluding carboxylic acids is 2. The van der Waals surface area contributed by atoms with Gasteiger partial charge >= 0.3 is 5.97 Å². The van der Waals surface area contributed by atoms with Crippen LogP contribution in [-0.2, 0) is 16.2 Å². The van der Waals surface area contributed by atoms with Gasteiger partial charge in [0.2, 0.25) is 0 Å². The van der Waals surface area contributed by atoms with Crippen LogP contribution in [0.5, 0.6) is 11.5 Å². The lowest BCUT2D eigenvalue weighted by Gasteiger charge is -2.13. The third-order valence-electron chi connectivity index (χ3n) is 4.25. The number of nitrogens with zero attached hydrogens (tertiary/aromatic N) is 2. The van der Waals surface area contributed by atoms with Crippen LogP contribution < -0.4 is 9.47 Å². The summed E-state index contributed by atoms with van der Waals surface area (Å²) in [6, 6.07) is 9.22. The Labute approximate surface area is 194 Å². The van der Waals surface area contributed by atoms with Crippen molar-refractivity contribution in [3.8, 4) is 11.5 Å². The van der Waals surface area contributed by atoms with E-state index in [-0.39, 0.29) is 17.2 Å². The van der Waals surface area contributed by atoms with Gasteiger partial charge in [0.15, 0.2) is 11.5 Å². The van der Waals surface area contributed by atoms with E-state index in [1.54, 1.807) is 24.3 Å². The smallest absolute Gasteiger partial charge is 0.323 e. The van der Waals surface area contributed by atoms with Crippen LogP contribution in [0, 0.1) is 10.1 Å². The van der Waals surface area contributed by atoms with Crippen molar-refractivity contribution in [1.82, 2.24) is 4.90 Å². The average molecular weight is 523 g/mol. The summed E-state index contributed by atoms with van der Waals surface area (Å²) < 4.78 is 11.6. The molecule has 10 nitrogen and oxygen atoms in total. The van der Waals surface area contributed by atoms with Crippen LogP contribution in [-0.4, -0.2) is 45.7 Å². The molecular formula is C20H15BrN2O8S. The molecule has 0 atom stereocenters. The number of hydrogen-bond donors (Lipinski definition) is 1. The standard InChI is InChI=1S/C20H15BrN2O8S/c1-30-15-6-12(7-17-19(26)22(9-18(24)25)20(27)32-17)14(21)8-16(15)31-10-11-3-2-4-13(5-11)23(28)29/h2-8H,9-10H2,1H3,(H,24,25)/b17-7+. The molecule has 1 fully saturated rings. The van der Waals surface area contributed by atoms with E-state index in [4.69, 9.17) is 14.6 Å². The van der Waals surface area contributed by atoms with E-state index in [1.807, 2.05) is 0 Å². The zero-order valence-corrected chi connectivity index (χ0v) is 18.8. The van der Waals surface area contributed by atoms with Gasteiger partial charge in [-0.25, -0.2) is 0 Å². The van der Waals surface area contributed by atoms with E-state index < -0.39 is 28.6 Å². The number of carboxylic acid groups (broad SMARTS) is 1. The number of aliphatic carboxylic acids is 1. The van der Waals surface area contributed by atoms with Crippen molar-refractivity contribution in [3.05, 3.63) is 67.0 Å². The summed E-state index contributed by atoms with van der Waals surface area (Å²) >= 11 is 4.03. The molecule has 1 aliphatic rings. The van der Waals surface area contributed by atoms with Gasteiger partial charge in [-0.2, -0.15) is 0 Å². The number of non-ortho nitro benzene ring substituents is 1. The van der Waals surface area contributed by atoms with Crippen LogP contribution in [0.25, 0.3) is 6.08 Å². The van der Waals surface area contributed by atoms with Crippen molar-refractivity contribution < 1.29 is 33.9 Å². The zero-order chi connectivity index (χ0) is 23.4. The maximum absolute atomic E-state index is 12.4. The highest BCUT2D eigenvalue weighted by Gasteiger charge is 2.36. The first-order valence-corrected chi connectivity index (χ1v) is 10.5. The number of nitro benzene ring substituents is 1. The van der Waals surface area contributed by atoms with Gasteiger partial charge in [0.25, 0.3) is 16.8 Å². The molecule has 1 heterocycles.